The summed E-state index contributed by atoms with van der Waals surface area (Å²) in [6, 6.07) is 4.20. The maximum Gasteiger partial charge on any atom is 0.228 e. The molecule has 2 aromatic rings. The summed E-state index contributed by atoms with van der Waals surface area (Å²) >= 11 is 0. The molecule has 0 amide bonds. The lowest BCUT2D eigenvalue weighted by atomic mass is 10.1. The highest BCUT2D eigenvalue weighted by atomic mass is 16.5. The second kappa shape index (κ2) is 6.11. The van der Waals surface area contributed by atoms with E-state index >= 15 is 0 Å². The number of hydrogen-bond acceptors (Lipinski definition) is 6. The van der Waals surface area contributed by atoms with Crippen LogP contribution in [0, 0.1) is 0 Å². The Morgan fingerprint density at radius 2 is 2.40 bits per heavy atom. The van der Waals surface area contributed by atoms with Gasteiger partial charge < -0.3 is 14.6 Å². The minimum absolute atomic E-state index is 0.242. The van der Waals surface area contributed by atoms with Crippen molar-refractivity contribution in [3.8, 4) is 11.5 Å². The number of ether oxygens (including phenoxy) is 1. The van der Waals surface area contributed by atoms with E-state index in [0.29, 0.717) is 24.7 Å². The van der Waals surface area contributed by atoms with E-state index < -0.39 is 0 Å². The monoisotopic (exact) mass is 274 g/mol. The Labute approximate surface area is 117 Å². The molecule has 0 bridgehead atoms. The normalized spacial score (nSPS) is 19.1. The summed E-state index contributed by atoms with van der Waals surface area (Å²) in [7, 11) is 0. The lowest BCUT2D eigenvalue weighted by molar-refractivity contribution is 0.0744. The number of aryl methyl sites for hydroxylation is 1. The Bertz CT molecular complexity index is 564. The molecule has 3 heterocycles. The number of nitrogens with zero attached hydrogens (tertiary/aromatic N) is 3. The van der Waals surface area contributed by atoms with E-state index in [4.69, 9.17) is 9.26 Å². The number of nitrogens with one attached hydrogen (secondary N) is 1. The first-order chi connectivity index (χ1) is 9.86. The van der Waals surface area contributed by atoms with Crippen molar-refractivity contribution >= 4 is 0 Å². The van der Waals surface area contributed by atoms with Crippen molar-refractivity contribution < 1.29 is 9.26 Å². The van der Waals surface area contributed by atoms with Gasteiger partial charge >= 0.3 is 0 Å². The Balaban J connectivity index is 1.75. The standard InChI is InChI=1S/C14H18N4O2/c1-2-10-4-3-5-16-13(10)14-17-12(20-18-14)8-11-9-19-7-6-15-11/h3-5,11,15H,2,6-9H2,1H3. The third kappa shape index (κ3) is 2.86. The highest BCUT2D eigenvalue weighted by Gasteiger charge is 2.18. The van der Waals surface area contributed by atoms with Crippen LogP contribution in [0.2, 0.25) is 0 Å². The van der Waals surface area contributed by atoms with Crippen molar-refractivity contribution in [3.63, 3.8) is 0 Å². The molecule has 1 saturated heterocycles. The van der Waals surface area contributed by atoms with E-state index in [1.807, 2.05) is 12.1 Å². The van der Waals surface area contributed by atoms with Gasteiger partial charge in [-0.1, -0.05) is 18.1 Å². The predicted molar refractivity (Wildman–Crippen MR) is 73.2 cm³/mol. The lowest BCUT2D eigenvalue weighted by Gasteiger charge is -2.22. The number of pyridine rings is 1. The molecule has 1 unspecified atom stereocenters. The van der Waals surface area contributed by atoms with Crippen LogP contribution >= 0.6 is 0 Å². The molecular formula is C14H18N4O2. The maximum absolute atomic E-state index is 5.42. The maximum atomic E-state index is 5.42. The van der Waals surface area contributed by atoms with E-state index in [1.165, 1.54) is 0 Å². The van der Waals surface area contributed by atoms with Crippen LogP contribution in [0.1, 0.15) is 18.4 Å². The van der Waals surface area contributed by atoms with Crippen molar-refractivity contribution in [2.24, 2.45) is 0 Å². The second-order valence-corrected chi connectivity index (χ2v) is 4.81. The van der Waals surface area contributed by atoms with Crippen LogP contribution in [0.4, 0.5) is 0 Å². The van der Waals surface area contributed by atoms with Gasteiger partial charge in [0.1, 0.15) is 5.69 Å². The molecule has 1 aliphatic rings. The SMILES string of the molecule is CCc1cccnc1-c1noc(CC2COCCN2)n1. The van der Waals surface area contributed by atoms with Crippen molar-refractivity contribution in [2.45, 2.75) is 25.8 Å². The zero-order valence-corrected chi connectivity index (χ0v) is 11.5. The van der Waals surface area contributed by atoms with Gasteiger partial charge in [0.25, 0.3) is 0 Å². The molecule has 6 nitrogen and oxygen atoms in total. The van der Waals surface area contributed by atoms with Gasteiger partial charge in [-0.05, 0) is 18.1 Å². The summed E-state index contributed by atoms with van der Waals surface area (Å²) in [6.45, 7) is 4.40. The largest absolute Gasteiger partial charge is 0.378 e. The zero-order valence-electron chi connectivity index (χ0n) is 11.5. The molecule has 1 fully saturated rings. The molecule has 1 N–H and O–H groups in total. The van der Waals surface area contributed by atoms with Gasteiger partial charge in [-0.3, -0.25) is 4.98 Å². The van der Waals surface area contributed by atoms with Crippen LogP contribution in [0.3, 0.4) is 0 Å². The van der Waals surface area contributed by atoms with Crippen molar-refractivity contribution in [3.05, 3.63) is 29.8 Å². The summed E-state index contributed by atoms with van der Waals surface area (Å²) in [5.41, 5.74) is 1.93. The third-order valence-corrected chi connectivity index (χ3v) is 3.37. The van der Waals surface area contributed by atoms with E-state index in [1.54, 1.807) is 6.20 Å². The quantitative estimate of drug-likeness (QED) is 0.904. The molecular weight excluding hydrogens is 256 g/mol. The smallest absolute Gasteiger partial charge is 0.228 e. The van der Waals surface area contributed by atoms with Gasteiger partial charge in [0.15, 0.2) is 0 Å². The first kappa shape index (κ1) is 13.2. The van der Waals surface area contributed by atoms with Crippen LogP contribution in [0.5, 0.6) is 0 Å². The van der Waals surface area contributed by atoms with Crippen molar-refractivity contribution in [1.29, 1.82) is 0 Å². The molecule has 1 atom stereocenters. The van der Waals surface area contributed by atoms with Crippen molar-refractivity contribution in [2.75, 3.05) is 19.8 Å². The summed E-state index contributed by atoms with van der Waals surface area (Å²) in [5.74, 6) is 1.19. The average Bonchev–Trinajstić information content (AvgIpc) is 2.96. The fourth-order valence-electron chi connectivity index (χ4n) is 2.32. The van der Waals surface area contributed by atoms with Crippen LogP contribution in [-0.4, -0.2) is 40.9 Å². The number of aromatic nitrogens is 3. The molecule has 106 valence electrons. The molecule has 0 radical (unpaired) electrons. The molecule has 0 aliphatic carbocycles. The Morgan fingerprint density at radius 1 is 1.45 bits per heavy atom. The summed E-state index contributed by atoms with van der Waals surface area (Å²) < 4.78 is 10.7. The van der Waals surface area contributed by atoms with Crippen LogP contribution in [0.25, 0.3) is 11.5 Å². The molecule has 0 aromatic carbocycles. The minimum atomic E-state index is 0.242. The van der Waals surface area contributed by atoms with Gasteiger partial charge in [-0.2, -0.15) is 4.98 Å². The molecule has 6 heteroatoms. The van der Waals surface area contributed by atoms with Gasteiger partial charge in [0.2, 0.25) is 11.7 Å². The Morgan fingerprint density at radius 3 is 3.20 bits per heavy atom. The van der Waals surface area contributed by atoms with Crippen molar-refractivity contribution in [1.82, 2.24) is 20.4 Å². The van der Waals surface area contributed by atoms with Crippen LogP contribution in [-0.2, 0) is 17.6 Å². The first-order valence-corrected chi connectivity index (χ1v) is 6.94. The Kier molecular flexibility index (Phi) is 4.03. The van der Waals surface area contributed by atoms with Gasteiger partial charge in [0, 0.05) is 25.2 Å². The van der Waals surface area contributed by atoms with Crippen LogP contribution < -0.4 is 5.32 Å². The fourth-order valence-corrected chi connectivity index (χ4v) is 2.32. The topological polar surface area (TPSA) is 73.1 Å². The molecule has 0 spiro atoms. The summed E-state index contributed by atoms with van der Waals surface area (Å²) in [6.07, 6.45) is 3.33. The molecule has 20 heavy (non-hydrogen) atoms. The number of hydrogen-bond donors (Lipinski definition) is 1. The predicted octanol–water partition coefficient (Wildman–Crippen LogP) is 1.22. The summed E-state index contributed by atoms with van der Waals surface area (Å²) in [5, 5.41) is 7.41. The van der Waals surface area contributed by atoms with E-state index in [0.717, 1.165) is 30.8 Å². The second-order valence-electron chi connectivity index (χ2n) is 4.81. The number of rotatable bonds is 4. The fraction of sp³-hybridized carbons (Fsp3) is 0.500. The zero-order chi connectivity index (χ0) is 13.8. The van der Waals surface area contributed by atoms with Gasteiger partial charge in [0.05, 0.1) is 13.2 Å². The highest BCUT2D eigenvalue weighted by Crippen LogP contribution is 2.19. The van der Waals surface area contributed by atoms with E-state index in [2.05, 4.69) is 27.4 Å². The molecule has 3 rings (SSSR count). The average molecular weight is 274 g/mol. The van der Waals surface area contributed by atoms with Gasteiger partial charge in [-0.25, -0.2) is 0 Å². The first-order valence-electron chi connectivity index (χ1n) is 6.94. The lowest BCUT2D eigenvalue weighted by Crippen LogP contribution is -2.42. The molecule has 0 saturated carbocycles. The molecule has 2 aromatic heterocycles. The van der Waals surface area contributed by atoms with E-state index in [-0.39, 0.29) is 6.04 Å². The Hall–Kier alpha value is -1.79. The minimum Gasteiger partial charge on any atom is -0.378 e. The number of morpholine rings is 1. The van der Waals surface area contributed by atoms with Crippen LogP contribution in [0.15, 0.2) is 22.9 Å². The van der Waals surface area contributed by atoms with E-state index in [9.17, 15) is 0 Å². The summed E-state index contributed by atoms with van der Waals surface area (Å²) in [4.78, 5) is 8.80. The highest BCUT2D eigenvalue weighted by molar-refractivity contribution is 5.53. The molecule has 1 aliphatic heterocycles. The third-order valence-electron chi connectivity index (χ3n) is 3.37. The van der Waals surface area contributed by atoms with Gasteiger partial charge in [-0.15, -0.1) is 0 Å².